The van der Waals surface area contributed by atoms with Crippen molar-refractivity contribution in [3.8, 4) is 0 Å². The summed E-state index contributed by atoms with van der Waals surface area (Å²) in [5.74, 6) is 1.39. The maximum atomic E-state index is 11.9. The first-order chi connectivity index (χ1) is 12.6. The SMILES string of the molecule is CN(C)C(=O)CN=C(NCC1CCOC1)N1CCN(c2cccs2)CC1.I. The minimum Gasteiger partial charge on any atom is -0.381 e. The number of aliphatic imine (C=N–C) groups is 1. The van der Waals surface area contributed by atoms with Gasteiger partial charge in [-0.2, -0.15) is 0 Å². The summed E-state index contributed by atoms with van der Waals surface area (Å²) >= 11 is 1.78. The van der Waals surface area contributed by atoms with Crippen LogP contribution >= 0.6 is 35.3 Å². The van der Waals surface area contributed by atoms with E-state index in [-0.39, 0.29) is 36.4 Å². The van der Waals surface area contributed by atoms with E-state index in [4.69, 9.17) is 4.74 Å². The Morgan fingerprint density at radius 2 is 2.15 bits per heavy atom. The highest BCUT2D eigenvalue weighted by molar-refractivity contribution is 14.0. The van der Waals surface area contributed by atoms with Crippen LogP contribution < -0.4 is 10.2 Å². The number of halogens is 1. The minimum atomic E-state index is 0. The predicted octanol–water partition coefficient (Wildman–Crippen LogP) is 1.56. The van der Waals surface area contributed by atoms with E-state index < -0.39 is 0 Å². The van der Waals surface area contributed by atoms with Crippen molar-refractivity contribution < 1.29 is 9.53 Å². The van der Waals surface area contributed by atoms with Gasteiger partial charge in [-0.3, -0.25) is 4.79 Å². The smallest absolute Gasteiger partial charge is 0.243 e. The second-order valence-corrected chi connectivity index (χ2v) is 7.89. The normalized spacial score (nSPS) is 20.4. The molecule has 2 saturated heterocycles. The van der Waals surface area contributed by atoms with Gasteiger partial charge in [-0.1, -0.05) is 0 Å². The number of nitrogens with zero attached hydrogens (tertiary/aromatic N) is 4. The molecule has 2 aliphatic heterocycles. The number of carbonyl (C=O) groups is 1. The molecule has 7 nitrogen and oxygen atoms in total. The Bertz CT molecular complexity index is 597. The largest absolute Gasteiger partial charge is 0.381 e. The van der Waals surface area contributed by atoms with Crippen molar-refractivity contribution in [3.05, 3.63) is 17.5 Å². The van der Waals surface area contributed by atoms with Crippen molar-refractivity contribution >= 4 is 52.2 Å². The summed E-state index contributed by atoms with van der Waals surface area (Å²) in [6, 6.07) is 4.26. The highest BCUT2D eigenvalue weighted by Gasteiger charge is 2.22. The number of piperazine rings is 1. The van der Waals surface area contributed by atoms with Crippen LogP contribution in [-0.4, -0.2) is 88.2 Å². The van der Waals surface area contributed by atoms with Crippen LogP contribution in [0.5, 0.6) is 0 Å². The van der Waals surface area contributed by atoms with Crippen molar-refractivity contribution in [1.29, 1.82) is 0 Å². The van der Waals surface area contributed by atoms with E-state index >= 15 is 0 Å². The van der Waals surface area contributed by atoms with E-state index in [1.165, 1.54) is 5.00 Å². The zero-order valence-electron chi connectivity index (χ0n) is 16.1. The fourth-order valence-electron chi connectivity index (χ4n) is 3.12. The molecule has 0 bridgehead atoms. The Hall–Kier alpha value is -1.07. The molecule has 0 saturated carbocycles. The first-order valence-corrected chi connectivity index (χ1v) is 10.1. The molecule has 27 heavy (non-hydrogen) atoms. The van der Waals surface area contributed by atoms with Crippen LogP contribution in [0.2, 0.25) is 0 Å². The zero-order chi connectivity index (χ0) is 18.4. The molecular formula is C18H30IN5O2S. The Balaban J connectivity index is 0.00000261. The lowest BCUT2D eigenvalue weighted by Gasteiger charge is -2.37. The number of rotatable bonds is 5. The molecule has 1 aromatic heterocycles. The third kappa shape index (κ3) is 6.49. The van der Waals surface area contributed by atoms with Gasteiger partial charge in [-0.05, 0) is 23.9 Å². The lowest BCUT2D eigenvalue weighted by Crippen LogP contribution is -2.53. The lowest BCUT2D eigenvalue weighted by molar-refractivity contribution is -0.127. The van der Waals surface area contributed by atoms with Gasteiger partial charge >= 0.3 is 0 Å². The number of thiophene rings is 1. The third-order valence-corrected chi connectivity index (χ3v) is 5.76. The highest BCUT2D eigenvalue weighted by Crippen LogP contribution is 2.22. The van der Waals surface area contributed by atoms with Crippen molar-refractivity contribution in [2.45, 2.75) is 6.42 Å². The van der Waals surface area contributed by atoms with Crippen LogP contribution in [-0.2, 0) is 9.53 Å². The Labute approximate surface area is 182 Å². The molecule has 1 amide bonds. The molecule has 152 valence electrons. The summed E-state index contributed by atoms with van der Waals surface area (Å²) in [6.45, 7) is 6.43. The highest BCUT2D eigenvalue weighted by atomic mass is 127. The maximum absolute atomic E-state index is 11.9. The minimum absolute atomic E-state index is 0. The number of hydrogen-bond acceptors (Lipinski definition) is 5. The molecule has 2 aliphatic rings. The van der Waals surface area contributed by atoms with E-state index in [1.807, 2.05) is 0 Å². The van der Waals surface area contributed by atoms with Crippen LogP contribution in [0, 0.1) is 5.92 Å². The van der Waals surface area contributed by atoms with Gasteiger partial charge in [-0.15, -0.1) is 35.3 Å². The van der Waals surface area contributed by atoms with Crippen LogP contribution in [0.25, 0.3) is 0 Å². The second kappa shape index (κ2) is 11.1. The number of hydrogen-bond donors (Lipinski definition) is 1. The molecule has 3 rings (SSSR count). The summed E-state index contributed by atoms with van der Waals surface area (Å²) in [6.07, 6.45) is 1.09. The fourth-order valence-corrected chi connectivity index (χ4v) is 3.91. The second-order valence-electron chi connectivity index (χ2n) is 6.96. The Morgan fingerprint density at radius 1 is 1.37 bits per heavy atom. The monoisotopic (exact) mass is 507 g/mol. The average Bonchev–Trinajstić information content (AvgIpc) is 3.35. The van der Waals surface area contributed by atoms with Crippen LogP contribution in [0.4, 0.5) is 5.00 Å². The van der Waals surface area contributed by atoms with Gasteiger partial charge in [0.25, 0.3) is 0 Å². The van der Waals surface area contributed by atoms with E-state index in [1.54, 1.807) is 30.3 Å². The van der Waals surface area contributed by atoms with Crippen molar-refractivity contribution in [1.82, 2.24) is 15.1 Å². The molecular weight excluding hydrogens is 477 g/mol. The first-order valence-electron chi connectivity index (χ1n) is 9.23. The number of anilines is 1. The molecule has 0 radical (unpaired) electrons. The van der Waals surface area contributed by atoms with Gasteiger partial charge in [0, 0.05) is 59.3 Å². The molecule has 2 fully saturated rings. The summed E-state index contributed by atoms with van der Waals surface area (Å²) in [7, 11) is 3.53. The summed E-state index contributed by atoms with van der Waals surface area (Å²) < 4.78 is 5.46. The van der Waals surface area contributed by atoms with Crippen molar-refractivity contribution in [2.24, 2.45) is 10.9 Å². The van der Waals surface area contributed by atoms with Gasteiger partial charge in [0.05, 0.1) is 11.6 Å². The predicted molar refractivity (Wildman–Crippen MR) is 121 cm³/mol. The summed E-state index contributed by atoms with van der Waals surface area (Å²) in [5, 5.41) is 6.92. The number of carbonyl (C=O) groups excluding carboxylic acids is 1. The summed E-state index contributed by atoms with van der Waals surface area (Å²) in [4.78, 5) is 22.8. The van der Waals surface area contributed by atoms with E-state index in [9.17, 15) is 4.79 Å². The lowest BCUT2D eigenvalue weighted by atomic mass is 10.1. The molecule has 0 spiro atoms. The van der Waals surface area contributed by atoms with Crippen molar-refractivity contribution in [3.63, 3.8) is 0 Å². The van der Waals surface area contributed by atoms with Gasteiger partial charge in [0.1, 0.15) is 6.54 Å². The van der Waals surface area contributed by atoms with Crippen LogP contribution in [0.1, 0.15) is 6.42 Å². The Morgan fingerprint density at radius 3 is 2.74 bits per heavy atom. The molecule has 0 aromatic carbocycles. The van der Waals surface area contributed by atoms with Gasteiger partial charge in [0.15, 0.2) is 5.96 Å². The average molecular weight is 507 g/mol. The van der Waals surface area contributed by atoms with Crippen molar-refractivity contribution in [2.75, 3.05) is 71.5 Å². The number of amides is 1. The molecule has 3 heterocycles. The zero-order valence-corrected chi connectivity index (χ0v) is 19.2. The molecule has 9 heteroatoms. The van der Waals surface area contributed by atoms with Crippen LogP contribution in [0.15, 0.2) is 22.5 Å². The van der Waals surface area contributed by atoms with E-state index in [0.29, 0.717) is 5.92 Å². The van der Waals surface area contributed by atoms with Gasteiger partial charge < -0.3 is 24.8 Å². The Kier molecular flexibility index (Phi) is 9.10. The standard InChI is InChI=1S/C18H29N5O2S.HI/c1-21(2)16(24)13-20-18(19-12-15-5-10-25-14-15)23-8-6-22(7-9-23)17-4-3-11-26-17;/h3-4,11,15H,5-10,12-14H2,1-2H3,(H,19,20);1H. The summed E-state index contributed by atoms with van der Waals surface area (Å²) in [5.41, 5.74) is 0. The molecule has 1 aromatic rings. The maximum Gasteiger partial charge on any atom is 0.243 e. The molecule has 1 atom stereocenters. The molecule has 1 unspecified atom stereocenters. The van der Waals surface area contributed by atoms with Gasteiger partial charge in [0.2, 0.25) is 5.91 Å². The molecule has 1 N–H and O–H groups in total. The molecule has 0 aliphatic carbocycles. The number of ether oxygens (including phenoxy) is 1. The van der Waals surface area contributed by atoms with E-state index in [2.05, 4.69) is 37.6 Å². The number of guanidine groups is 1. The van der Waals surface area contributed by atoms with E-state index in [0.717, 1.165) is 58.3 Å². The van der Waals surface area contributed by atoms with Gasteiger partial charge in [-0.25, -0.2) is 4.99 Å². The number of likely N-dealkylation sites (N-methyl/N-ethyl adjacent to an activating group) is 1. The first kappa shape index (κ1) is 22.2. The quantitative estimate of drug-likeness (QED) is 0.373. The third-order valence-electron chi connectivity index (χ3n) is 4.83. The van der Waals surface area contributed by atoms with Crippen LogP contribution in [0.3, 0.4) is 0 Å². The fraction of sp³-hybridized carbons (Fsp3) is 0.667. The number of nitrogens with one attached hydrogen (secondary N) is 1. The topological polar surface area (TPSA) is 60.4 Å².